The maximum atomic E-state index is 12.0. The molecular formula is C11H17N3O2S. The van der Waals surface area contributed by atoms with E-state index in [1.165, 1.54) is 6.34 Å². The molecule has 5 nitrogen and oxygen atoms in total. The Balaban J connectivity index is 3.24. The molecule has 0 amide bonds. The number of hydrogen-bond donors (Lipinski definition) is 0. The molecule has 94 valence electrons. The topological polar surface area (TPSA) is 53.0 Å². The van der Waals surface area contributed by atoms with Gasteiger partial charge in [0.05, 0.1) is 5.69 Å². The lowest BCUT2D eigenvalue weighted by atomic mass is 10.3. The second kappa shape index (κ2) is 5.18. The molecule has 0 spiro atoms. The molecule has 6 heteroatoms. The normalized spacial score (nSPS) is 11.8. The zero-order valence-corrected chi connectivity index (χ0v) is 11.3. The Morgan fingerprint density at radius 2 is 1.71 bits per heavy atom. The van der Waals surface area contributed by atoms with Crippen molar-refractivity contribution in [1.82, 2.24) is 4.90 Å². The second-order valence-electron chi connectivity index (χ2n) is 4.02. The minimum atomic E-state index is -3.64. The lowest BCUT2D eigenvalue weighted by Gasteiger charge is -2.15. The molecule has 0 aliphatic carbocycles. The maximum Gasteiger partial charge on any atom is 0.285 e. The van der Waals surface area contributed by atoms with Crippen molar-refractivity contribution < 1.29 is 8.42 Å². The summed E-state index contributed by atoms with van der Waals surface area (Å²) in [7, 11) is 3.38. The number of nitrogens with zero attached hydrogens (tertiary/aromatic N) is 3. The summed E-state index contributed by atoms with van der Waals surface area (Å²) in [6.45, 7) is 0. The number of rotatable bonds is 4. The Kier molecular flexibility index (Phi) is 4.11. The van der Waals surface area contributed by atoms with Crippen LogP contribution in [0.3, 0.4) is 0 Å². The van der Waals surface area contributed by atoms with Crippen molar-refractivity contribution in [3.63, 3.8) is 0 Å². The molecule has 0 fully saturated rings. The van der Waals surface area contributed by atoms with Gasteiger partial charge in [0.2, 0.25) is 0 Å². The Bertz CT molecular complexity index is 507. The Morgan fingerprint density at radius 1 is 1.12 bits per heavy atom. The van der Waals surface area contributed by atoms with E-state index in [2.05, 4.69) is 4.40 Å². The molecule has 0 aliphatic heterocycles. The fourth-order valence-corrected chi connectivity index (χ4v) is 2.45. The second-order valence-corrected chi connectivity index (χ2v) is 5.62. The van der Waals surface area contributed by atoms with Crippen molar-refractivity contribution >= 4 is 22.0 Å². The van der Waals surface area contributed by atoms with Crippen LogP contribution in [0.15, 0.2) is 33.6 Å². The van der Waals surface area contributed by atoms with Gasteiger partial charge in [-0.15, -0.1) is 4.40 Å². The third kappa shape index (κ3) is 3.45. The van der Waals surface area contributed by atoms with Crippen LogP contribution in [-0.4, -0.2) is 47.8 Å². The standard InChI is InChI=1S/C11H17N3O2S/c1-13(2)9-12-17(15,16)11-8-6-5-7-10(11)14(3)4/h5-9H,1-4H3/b12-9+. The van der Waals surface area contributed by atoms with Crippen molar-refractivity contribution in [3.05, 3.63) is 24.3 Å². The highest BCUT2D eigenvalue weighted by atomic mass is 32.2. The number of sulfonamides is 1. The van der Waals surface area contributed by atoms with E-state index in [-0.39, 0.29) is 4.90 Å². The Labute approximate surface area is 102 Å². The fourth-order valence-electron chi connectivity index (χ4n) is 1.26. The minimum Gasteiger partial charge on any atom is -0.377 e. The van der Waals surface area contributed by atoms with Gasteiger partial charge in [-0.1, -0.05) is 12.1 Å². The third-order valence-electron chi connectivity index (χ3n) is 2.04. The molecule has 0 saturated carbocycles. The smallest absolute Gasteiger partial charge is 0.285 e. The van der Waals surface area contributed by atoms with E-state index >= 15 is 0 Å². The average molecular weight is 255 g/mol. The van der Waals surface area contributed by atoms with E-state index in [1.807, 2.05) is 0 Å². The first-order valence-electron chi connectivity index (χ1n) is 5.08. The van der Waals surface area contributed by atoms with Crippen molar-refractivity contribution in [3.8, 4) is 0 Å². The zero-order valence-electron chi connectivity index (χ0n) is 10.5. The van der Waals surface area contributed by atoms with Crippen LogP contribution < -0.4 is 4.90 Å². The molecule has 0 aromatic heterocycles. The van der Waals surface area contributed by atoms with Gasteiger partial charge in [0, 0.05) is 28.2 Å². The van der Waals surface area contributed by atoms with E-state index < -0.39 is 10.0 Å². The van der Waals surface area contributed by atoms with Gasteiger partial charge < -0.3 is 9.80 Å². The Hall–Kier alpha value is -1.56. The lowest BCUT2D eigenvalue weighted by Crippen LogP contribution is -2.14. The summed E-state index contributed by atoms with van der Waals surface area (Å²) in [5.74, 6) is 0. The first-order chi connectivity index (χ1) is 7.84. The number of para-hydroxylation sites is 1. The SMILES string of the molecule is CN(C)/C=N/S(=O)(=O)c1ccccc1N(C)C. The molecule has 1 aromatic rings. The number of benzene rings is 1. The maximum absolute atomic E-state index is 12.0. The summed E-state index contributed by atoms with van der Waals surface area (Å²) in [5, 5.41) is 0. The fraction of sp³-hybridized carbons (Fsp3) is 0.364. The van der Waals surface area contributed by atoms with E-state index in [0.717, 1.165) is 0 Å². The van der Waals surface area contributed by atoms with Crippen molar-refractivity contribution in [2.75, 3.05) is 33.1 Å². The summed E-state index contributed by atoms with van der Waals surface area (Å²) >= 11 is 0. The van der Waals surface area contributed by atoms with Gasteiger partial charge >= 0.3 is 0 Å². The quantitative estimate of drug-likeness (QED) is 0.595. The van der Waals surface area contributed by atoms with E-state index in [4.69, 9.17) is 0 Å². The number of anilines is 1. The highest BCUT2D eigenvalue weighted by Crippen LogP contribution is 2.24. The van der Waals surface area contributed by atoms with Gasteiger partial charge in [-0.2, -0.15) is 8.42 Å². The molecule has 1 rings (SSSR count). The molecule has 0 aliphatic rings. The monoisotopic (exact) mass is 255 g/mol. The van der Waals surface area contributed by atoms with Gasteiger partial charge in [0.1, 0.15) is 11.2 Å². The van der Waals surface area contributed by atoms with Crippen LogP contribution in [0.25, 0.3) is 0 Å². The first kappa shape index (κ1) is 13.5. The molecule has 0 bridgehead atoms. The third-order valence-corrected chi connectivity index (χ3v) is 3.31. The summed E-state index contributed by atoms with van der Waals surface area (Å²) < 4.78 is 27.6. The molecule has 0 heterocycles. The first-order valence-corrected chi connectivity index (χ1v) is 6.52. The highest BCUT2D eigenvalue weighted by Gasteiger charge is 2.17. The van der Waals surface area contributed by atoms with E-state index in [0.29, 0.717) is 5.69 Å². The van der Waals surface area contributed by atoms with Gasteiger partial charge in [0.15, 0.2) is 0 Å². The van der Waals surface area contributed by atoms with E-state index in [9.17, 15) is 8.42 Å². The lowest BCUT2D eigenvalue weighted by molar-refractivity contribution is 0.594. The molecular weight excluding hydrogens is 238 g/mol. The van der Waals surface area contributed by atoms with E-state index in [1.54, 1.807) is 62.3 Å². The predicted molar refractivity (Wildman–Crippen MR) is 70.1 cm³/mol. The predicted octanol–water partition coefficient (Wildman–Crippen LogP) is 1.03. The van der Waals surface area contributed by atoms with Gasteiger partial charge in [-0.25, -0.2) is 0 Å². The van der Waals surface area contributed by atoms with Gasteiger partial charge in [-0.05, 0) is 12.1 Å². The van der Waals surface area contributed by atoms with Crippen molar-refractivity contribution in [1.29, 1.82) is 0 Å². The molecule has 0 atom stereocenters. The summed E-state index contributed by atoms with van der Waals surface area (Å²) in [5.41, 5.74) is 0.628. The van der Waals surface area contributed by atoms with Gasteiger partial charge in [0.25, 0.3) is 10.0 Å². The van der Waals surface area contributed by atoms with Crippen LogP contribution >= 0.6 is 0 Å². The molecule has 0 N–H and O–H groups in total. The highest BCUT2D eigenvalue weighted by molar-refractivity contribution is 7.90. The van der Waals surface area contributed by atoms with Gasteiger partial charge in [-0.3, -0.25) is 0 Å². The minimum absolute atomic E-state index is 0.211. The van der Waals surface area contributed by atoms with Crippen LogP contribution in [-0.2, 0) is 10.0 Å². The Morgan fingerprint density at radius 3 is 2.24 bits per heavy atom. The summed E-state index contributed by atoms with van der Waals surface area (Å²) in [6.07, 6.45) is 1.28. The zero-order chi connectivity index (χ0) is 13.1. The molecule has 0 unspecified atom stereocenters. The molecule has 1 aromatic carbocycles. The number of hydrogen-bond acceptors (Lipinski definition) is 3. The van der Waals surface area contributed by atoms with Crippen LogP contribution in [0.2, 0.25) is 0 Å². The largest absolute Gasteiger partial charge is 0.377 e. The van der Waals surface area contributed by atoms with Crippen LogP contribution in [0.4, 0.5) is 5.69 Å². The van der Waals surface area contributed by atoms with Crippen LogP contribution in [0, 0.1) is 0 Å². The van der Waals surface area contributed by atoms with Crippen molar-refractivity contribution in [2.45, 2.75) is 4.90 Å². The average Bonchev–Trinajstić information content (AvgIpc) is 2.26. The molecule has 0 saturated heterocycles. The van der Waals surface area contributed by atoms with Crippen molar-refractivity contribution in [2.24, 2.45) is 4.40 Å². The van der Waals surface area contributed by atoms with Crippen LogP contribution in [0.5, 0.6) is 0 Å². The summed E-state index contributed by atoms with van der Waals surface area (Å²) in [4.78, 5) is 3.54. The summed E-state index contributed by atoms with van der Waals surface area (Å²) in [6, 6.07) is 6.78. The molecule has 17 heavy (non-hydrogen) atoms. The molecule has 0 radical (unpaired) electrons. The van der Waals surface area contributed by atoms with Crippen LogP contribution in [0.1, 0.15) is 0 Å².